The van der Waals surface area contributed by atoms with Crippen molar-refractivity contribution in [1.29, 1.82) is 5.26 Å². The fourth-order valence-electron chi connectivity index (χ4n) is 2.27. The summed E-state index contributed by atoms with van der Waals surface area (Å²) in [5, 5.41) is 9.50. The van der Waals surface area contributed by atoms with E-state index in [0.29, 0.717) is 23.8 Å². The van der Waals surface area contributed by atoms with Crippen LogP contribution in [0.15, 0.2) is 61.2 Å². The van der Waals surface area contributed by atoms with Crippen LogP contribution >= 0.6 is 0 Å². The van der Waals surface area contributed by atoms with Crippen LogP contribution in [0.5, 0.6) is 5.75 Å². The number of hydrogen-bond acceptors (Lipinski definition) is 3. The Hall–Kier alpha value is -3.32. The molecule has 0 aliphatic rings. The highest BCUT2D eigenvalue weighted by Crippen LogP contribution is 2.24. The Morgan fingerprint density at radius 1 is 1.22 bits per heavy atom. The van der Waals surface area contributed by atoms with Gasteiger partial charge in [-0.15, -0.1) is 0 Å². The molecule has 0 unspecified atom stereocenters. The molecule has 1 N–H and O–H groups in total. The second-order valence-electron chi connectivity index (χ2n) is 4.91. The maximum Gasteiger partial charge on any atom is 0.149 e. The summed E-state index contributed by atoms with van der Waals surface area (Å²) in [6, 6.07) is 17.5. The van der Waals surface area contributed by atoms with E-state index in [9.17, 15) is 5.26 Å². The van der Waals surface area contributed by atoms with Gasteiger partial charge in [0, 0.05) is 5.56 Å². The Labute approximate surface area is 134 Å². The molecule has 2 aromatic carbocycles. The van der Waals surface area contributed by atoms with Gasteiger partial charge >= 0.3 is 0 Å². The second kappa shape index (κ2) is 6.63. The number of allylic oxidation sites excluding steroid dienone is 1. The summed E-state index contributed by atoms with van der Waals surface area (Å²) in [5.41, 5.74) is 3.02. The third kappa shape index (κ3) is 3.14. The molecule has 0 spiro atoms. The lowest BCUT2D eigenvalue weighted by Crippen LogP contribution is -1.95. The van der Waals surface area contributed by atoms with Gasteiger partial charge in [0.05, 0.1) is 16.6 Å². The molecule has 1 aromatic heterocycles. The first-order valence-electron chi connectivity index (χ1n) is 7.21. The van der Waals surface area contributed by atoms with E-state index in [1.807, 2.05) is 48.5 Å². The van der Waals surface area contributed by atoms with Gasteiger partial charge in [-0.2, -0.15) is 5.26 Å². The molecule has 0 saturated carbocycles. The van der Waals surface area contributed by atoms with E-state index in [2.05, 4.69) is 22.6 Å². The van der Waals surface area contributed by atoms with Crippen molar-refractivity contribution in [3.63, 3.8) is 0 Å². The van der Waals surface area contributed by atoms with Crippen molar-refractivity contribution in [2.24, 2.45) is 0 Å². The van der Waals surface area contributed by atoms with Gasteiger partial charge in [0.1, 0.15) is 24.3 Å². The highest BCUT2D eigenvalue weighted by Gasteiger charge is 2.09. The lowest BCUT2D eigenvalue weighted by Gasteiger charge is -2.07. The number of H-pyrrole nitrogens is 1. The largest absolute Gasteiger partial charge is 0.489 e. The van der Waals surface area contributed by atoms with E-state index >= 15 is 0 Å². The molecule has 0 atom stereocenters. The summed E-state index contributed by atoms with van der Waals surface area (Å²) in [6.07, 6.45) is 3.46. The number of benzene rings is 2. The van der Waals surface area contributed by atoms with Gasteiger partial charge in [0.15, 0.2) is 0 Å². The van der Waals surface area contributed by atoms with E-state index in [4.69, 9.17) is 4.74 Å². The lowest BCUT2D eigenvalue weighted by molar-refractivity contribution is 0.362. The van der Waals surface area contributed by atoms with Gasteiger partial charge in [-0.1, -0.05) is 43.0 Å². The lowest BCUT2D eigenvalue weighted by atomic mass is 10.1. The minimum Gasteiger partial charge on any atom is -0.489 e. The monoisotopic (exact) mass is 301 g/mol. The Balaban J connectivity index is 2.02. The van der Waals surface area contributed by atoms with E-state index < -0.39 is 0 Å². The average Bonchev–Trinajstić information content (AvgIpc) is 3.02. The molecule has 0 fully saturated rings. The second-order valence-corrected chi connectivity index (χ2v) is 4.91. The van der Waals surface area contributed by atoms with Crippen LogP contribution in [0.1, 0.15) is 11.4 Å². The first-order valence-corrected chi connectivity index (χ1v) is 7.21. The van der Waals surface area contributed by atoms with Crippen LogP contribution in [-0.2, 0) is 0 Å². The van der Waals surface area contributed by atoms with Crippen LogP contribution in [0.4, 0.5) is 0 Å². The van der Waals surface area contributed by atoms with Crippen LogP contribution in [0.25, 0.3) is 22.7 Å². The Morgan fingerprint density at radius 2 is 2.00 bits per heavy atom. The zero-order valence-corrected chi connectivity index (χ0v) is 12.5. The number of aromatic nitrogens is 2. The van der Waals surface area contributed by atoms with Gasteiger partial charge < -0.3 is 9.72 Å². The molecule has 0 aliphatic heterocycles. The van der Waals surface area contributed by atoms with Crippen molar-refractivity contribution >= 4 is 22.7 Å². The van der Waals surface area contributed by atoms with Crippen molar-refractivity contribution < 1.29 is 4.74 Å². The molecule has 0 aliphatic carbocycles. The van der Waals surface area contributed by atoms with Crippen molar-refractivity contribution in [3.05, 3.63) is 72.6 Å². The SMILES string of the molecule is C=CCOc1ccccc1/C=C(/C#N)c1nc2ccccc2[nH]1. The molecule has 0 saturated heterocycles. The standard InChI is InChI=1S/C19H15N3O/c1-2-11-23-18-10-6-3-7-14(18)12-15(13-20)19-21-16-8-4-5-9-17(16)22-19/h2-10,12H,1,11H2,(H,21,22)/b15-12-. The maximum absolute atomic E-state index is 9.50. The third-order valence-electron chi connectivity index (χ3n) is 3.34. The molecule has 0 amide bonds. The first-order chi connectivity index (χ1) is 11.3. The molecule has 3 aromatic rings. The van der Waals surface area contributed by atoms with Gasteiger partial charge in [-0.3, -0.25) is 0 Å². The maximum atomic E-state index is 9.50. The van der Waals surface area contributed by atoms with Gasteiger partial charge in [0.2, 0.25) is 0 Å². The summed E-state index contributed by atoms with van der Waals surface area (Å²) in [5.74, 6) is 1.25. The molecule has 0 bridgehead atoms. The highest BCUT2D eigenvalue weighted by atomic mass is 16.5. The molecule has 3 rings (SSSR count). The van der Waals surface area contributed by atoms with Crippen molar-refractivity contribution in [2.45, 2.75) is 0 Å². The normalized spacial score (nSPS) is 11.2. The summed E-state index contributed by atoms with van der Waals surface area (Å²) >= 11 is 0. The summed E-state index contributed by atoms with van der Waals surface area (Å²) in [4.78, 5) is 7.64. The minimum absolute atomic E-state index is 0.414. The van der Waals surface area contributed by atoms with E-state index in [1.54, 1.807) is 12.2 Å². The number of nitrogens with one attached hydrogen (secondary N) is 1. The molecular weight excluding hydrogens is 286 g/mol. The fraction of sp³-hybridized carbons (Fsp3) is 0.0526. The summed E-state index contributed by atoms with van der Waals surface area (Å²) in [6.45, 7) is 4.06. The number of rotatable bonds is 5. The Morgan fingerprint density at radius 3 is 2.78 bits per heavy atom. The van der Waals surface area contributed by atoms with Crippen LogP contribution in [-0.4, -0.2) is 16.6 Å². The number of ether oxygens (including phenoxy) is 1. The zero-order chi connectivity index (χ0) is 16.1. The first kappa shape index (κ1) is 14.6. The number of aromatic amines is 1. The third-order valence-corrected chi connectivity index (χ3v) is 3.34. The number of para-hydroxylation sites is 3. The van der Waals surface area contributed by atoms with Crippen LogP contribution in [0, 0.1) is 11.3 Å². The van der Waals surface area contributed by atoms with Crippen LogP contribution < -0.4 is 4.74 Å². The van der Waals surface area contributed by atoms with Crippen molar-refractivity contribution in [3.8, 4) is 11.8 Å². The Bertz CT molecular complexity index is 883. The van der Waals surface area contributed by atoms with Gasteiger partial charge in [-0.25, -0.2) is 4.98 Å². The molecule has 112 valence electrons. The number of hydrogen-bond donors (Lipinski definition) is 1. The Kier molecular flexibility index (Phi) is 4.21. The zero-order valence-electron chi connectivity index (χ0n) is 12.5. The van der Waals surface area contributed by atoms with Crippen LogP contribution in [0.3, 0.4) is 0 Å². The molecule has 4 heteroatoms. The average molecular weight is 301 g/mol. The molecule has 1 heterocycles. The van der Waals surface area contributed by atoms with E-state index in [0.717, 1.165) is 16.6 Å². The fourth-order valence-corrected chi connectivity index (χ4v) is 2.27. The van der Waals surface area contributed by atoms with Crippen LogP contribution in [0.2, 0.25) is 0 Å². The van der Waals surface area contributed by atoms with Gasteiger partial charge in [-0.05, 0) is 24.3 Å². The minimum atomic E-state index is 0.414. The highest BCUT2D eigenvalue weighted by molar-refractivity contribution is 5.91. The number of nitrogens with zero attached hydrogens (tertiary/aromatic N) is 2. The van der Waals surface area contributed by atoms with E-state index in [-0.39, 0.29) is 0 Å². The molecular formula is C19H15N3O. The van der Waals surface area contributed by atoms with Crippen molar-refractivity contribution in [1.82, 2.24) is 9.97 Å². The smallest absolute Gasteiger partial charge is 0.149 e. The summed E-state index contributed by atoms with van der Waals surface area (Å²) in [7, 11) is 0. The van der Waals surface area contributed by atoms with E-state index in [1.165, 1.54) is 0 Å². The summed E-state index contributed by atoms with van der Waals surface area (Å²) < 4.78 is 5.62. The van der Waals surface area contributed by atoms with Crippen molar-refractivity contribution in [2.75, 3.05) is 6.61 Å². The number of fused-ring (bicyclic) bond motifs is 1. The molecule has 0 radical (unpaired) electrons. The molecule has 23 heavy (non-hydrogen) atoms. The molecule has 4 nitrogen and oxygen atoms in total. The predicted octanol–water partition coefficient (Wildman–Crippen LogP) is 4.19. The topological polar surface area (TPSA) is 61.7 Å². The number of nitriles is 1. The predicted molar refractivity (Wildman–Crippen MR) is 91.7 cm³/mol. The quantitative estimate of drug-likeness (QED) is 0.567. The van der Waals surface area contributed by atoms with Gasteiger partial charge in [0.25, 0.3) is 0 Å². The number of imidazole rings is 1.